The Labute approximate surface area is 101 Å². The van der Waals surface area contributed by atoms with E-state index in [1.165, 1.54) is 0 Å². The number of carboxylic acid groups (broad SMARTS) is 1. The van der Waals surface area contributed by atoms with Crippen molar-refractivity contribution < 1.29 is 14.7 Å². The van der Waals surface area contributed by atoms with Crippen molar-refractivity contribution in [3.63, 3.8) is 0 Å². The summed E-state index contributed by atoms with van der Waals surface area (Å²) in [5, 5.41) is 12.2. The van der Waals surface area contributed by atoms with E-state index < -0.39 is 11.4 Å². The van der Waals surface area contributed by atoms with Gasteiger partial charge < -0.3 is 15.3 Å². The molecule has 2 amide bonds. The molecule has 0 atom stereocenters. The Balaban J connectivity index is 2.06. The van der Waals surface area contributed by atoms with Crippen LogP contribution in [-0.4, -0.2) is 41.6 Å². The number of urea groups is 1. The predicted molar refractivity (Wildman–Crippen MR) is 62.7 cm³/mol. The fourth-order valence-corrected chi connectivity index (χ4v) is 2.86. The van der Waals surface area contributed by atoms with Gasteiger partial charge in [0.25, 0.3) is 0 Å². The van der Waals surface area contributed by atoms with Crippen LogP contribution < -0.4 is 5.32 Å². The van der Waals surface area contributed by atoms with E-state index in [2.05, 4.69) is 5.32 Å². The average Bonchev–Trinajstić information content (AvgIpc) is 2.33. The zero-order valence-corrected chi connectivity index (χ0v) is 10.1. The minimum absolute atomic E-state index is 0.109. The number of aliphatic carboxylic acids is 1. The molecule has 0 unspecified atom stereocenters. The van der Waals surface area contributed by atoms with Gasteiger partial charge in [-0.05, 0) is 19.3 Å². The van der Waals surface area contributed by atoms with Crippen LogP contribution in [-0.2, 0) is 4.79 Å². The van der Waals surface area contributed by atoms with Gasteiger partial charge in [0, 0.05) is 19.6 Å². The second-order valence-corrected chi connectivity index (χ2v) is 5.15. The smallest absolute Gasteiger partial charge is 0.317 e. The molecule has 2 rings (SSSR count). The fourth-order valence-electron chi connectivity index (χ4n) is 2.86. The van der Waals surface area contributed by atoms with Gasteiger partial charge in [-0.3, -0.25) is 4.79 Å². The Kier molecular flexibility index (Phi) is 3.54. The van der Waals surface area contributed by atoms with E-state index in [1.807, 2.05) is 0 Å². The third-order valence-corrected chi connectivity index (χ3v) is 3.93. The number of carbonyl (C=O) groups is 2. The van der Waals surface area contributed by atoms with Crippen LogP contribution in [0.25, 0.3) is 0 Å². The van der Waals surface area contributed by atoms with E-state index in [4.69, 9.17) is 0 Å². The highest BCUT2D eigenvalue weighted by molar-refractivity contribution is 5.78. The Bertz CT molecular complexity index is 311. The molecule has 17 heavy (non-hydrogen) atoms. The van der Waals surface area contributed by atoms with E-state index in [1.54, 1.807) is 4.90 Å². The van der Waals surface area contributed by atoms with Crippen LogP contribution in [0.3, 0.4) is 0 Å². The van der Waals surface area contributed by atoms with Crippen molar-refractivity contribution in [2.24, 2.45) is 5.41 Å². The zero-order valence-electron chi connectivity index (χ0n) is 10.1. The van der Waals surface area contributed by atoms with Crippen molar-refractivity contribution in [1.82, 2.24) is 10.2 Å². The van der Waals surface area contributed by atoms with Gasteiger partial charge in [0.2, 0.25) is 0 Å². The lowest BCUT2D eigenvalue weighted by Gasteiger charge is -2.39. The van der Waals surface area contributed by atoms with Gasteiger partial charge in [0.05, 0.1) is 5.41 Å². The quantitative estimate of drug-likeness (QED) is 0.784. The van der Waals surface area contributed by atoms with Gasteiger partial charge in [-0.15, -0.1) is 0 Å². The van der Waals surface area contributed by atoms with Gasteiger partial charge in [-0.2, -0.15) is 0 Å². The van der Waals surface area contributed by atoms with Crippen molar-refractivity contribution in [3.05, 3.63) is 0 Å². The largest absolute Gasteiger partial charge is 0.481 e. The standard InChI is InChI=1S/C12H20N2O3/c15-10(16)12(5-2-1-3-6-12)9-14-8-4-7-13-11(14)17/h1-9H2,(H,13,17)(H,15,16). The molecular weight excluding hydrogens is 220 g/mol. The van der Waals surface area contributed by atoms with Gasteiger partial charge in [-0.1, -0.05) is 19.3 Å². The molecular formula is C12H20N2O3. The number of hydrogen-bond acceptors (Lipinski definition) is 2. The first kappa shape index (κ1) is 12.2. The maximum absolute atomic E-state index is 11.7. The van der Waals surface area contributed by atoms with Crippen LogP contribution in [0.2, 0.25) is 0 Å². The molecule has 2 aliphatic rings. The maximum atomic E-state index is 11.7. The molecule has 1 aliphatic carbocycles. The minimum Gasteiger partial charge on any atom is -0.481 e. The second-order valence-electron chi connectivity index (χ2n) is 5.15. The number of carboxylic acids is 1. The molecule has 2 fully saturated rings. The highest BCUT2D eigenvalue weighted by Crippen LogP contribution is 2.37. The van der Waals surface area contributed by atoms with Gasteiger partial charge in [-0.25, -0.2) is 4.79 Å². The topological polar surface area (TPSA) is 69.6 Å². The third kappa shape index (κ3) is 2.53. The van der Waals surface area contributed by atoms with Crippen molar-refractivity contribution in [3.8, 4) is 0 Å². The van der Waals surface area contributed by atoms with E-state index >= 15 is 0 Å². The van der Waals surface area contributed by atoms with Crippen LogP contribution >= 0.6 is 0 Å². The summed E-state index contributed by atoms with van der Waals surface area (Å²) in [4.78, 5) is 24.8. The van der Waals surface area contributed by atoms with Crippen LogP contribution in [0, 0.1) is 5.41 Å². The first-order valence-electron chi connectivity index (χ1n) is 6.40. The molecule has 0 radical (unpaired) electrons. The molecule has 0 aromatic rings. The van der Waals surface area contributed by atoms with Crippen LogP contribution in [0.15, 0.2) is 0 Å². The van der Waals surface area contributed by atoms with Crippen LogP contribution in [0.1, 0.15) is 38.5 Å². The molecule has 96 valence electrons. The molecule has 0 spiro atoms. The molecule has 1 saturated carbocycles. The summed E-state index contributed by atoms with van der Waals surface area (Å²) in [6.07, 6.45) is 5.34. The molecule has 5 nitrogen and oxygen atoms in total. The third-order valence-electron chi connectivity index (χ3n) is 3.93. The lowest BCUT2D eigenvalue weighted by molar-refractivity contribution is -0.152. The first-order valence-corrected chi connectivity index (χ1v) is 6.40. The molecule has 2 N–H and O–H groups in total. The summed E-state index contributed by atoms with van der Waals surface area (Å²) in [6, 6.07) is -0.109. The molecule has 1 aliphatic heterocycles. The SMILES string of the molecule is O=C1NCCCN1CC1(C(=O)O)CCCCC1. The van der Waals surface area contributed by atoms with E-state index in [0.29, 0.717) is 32.5 Å². The number of rotatable bonds is 3. The number of hydrogen-bond donors (Lipinski definition) is 2. The number of carbonyl (C=O) groups excluding carboxylic acids is 1. The first-order chi connectivity index (χ1) is 8.14. The molecule has 1 heterocycles. The monoisotopic (exact) mass is 240 g/mol. The second kappa shape index (κ2) is 4.94. The lowest BCUT2D eigenvalue weighted by atomic mass is 9.73. The Morgan fingerprint density at radius 1 is 1.29 bits per heavy atom. The van der Waals surface area contributed by atoms with E-state index in [-0.39, 0.29) is 6.03 Å². The van der Waals surface area contributed by atoms with Crippen molar-refractivity contribution >= 4 is 12.0 Å². The van der Waals surface area contributed by atoms with Gasteiger partial charge in [0.15, 0.2) is 0 Å². The van der Waals surface area contributed by atoms with Crippen molar-refractivity contribution in [1.29, 1.82) is 0 Å². The highest BCUT2D eigenvalue weighted by Gasteiger charge is 2.42. The summed E-state index contributed by atoms with van der Waals surface area (Å²) >= 11 is 0. The predicted octanol–water partition coefficient (Wildman–Crippen LogP) is 1.44. The van der Waals surface area contributed by atoms with E-state index in [9.17, 15) is 14.7 Å². The minimum atomic E-state index is -0.740. The summed E-state index contributed by atoms with van der Waals surface area (Å²) in [5.74, 6) is -0.740. The summed E-state index contributed by atoms with van der Waals surface area (Å²) in [5.41, 5.74) is -0.701. The number of nitrogens with one attached hydrogen (secondary N) is 1. The molecule has 5 heteroatoms. The zero-order chi connectivity index (χ0) is 12.3. The highest BCUT2D eigenvalue weighted by atomic mass is 16.4. The summed E-state index contributed by atoms with van der Waals surface area (Å²) in [7, 11) is 0. The normalized spacial score (nSPS) is 24.2. The molecule has 1 saturated heterocycles. The Morgan fingerprint density at radius 2 is 2.00 bits per heavy atom. The summed E-state index contributed by atoms with van der Waals surface area (Å²) < 4.78 is 0. The summed E-state index contributed by atoms with van der Waals surface area (Å²) in [6.45, 7) is 1.75. The average molecular weight is 240 g/mol. The van der Waals surface area contributed by atoms with Gasteiger partial charge >= 0.3 is 12.0 Å². The maximum Gasteiger partial charge on any atom is 0.317 e. The van der Waals surface area contributed by atoms with Crippen LogP contribution in [0.4, 0.5) is 4.79 Å². The van der Waals surface area contributed by atoms with Gasteiger partial charge in [0.1, 0.15) is 0 Å². The van der Waals surface area contributed by atoms with E-state index in [0.717, 1.165) is 25.7 Å². The van der Waals surface area contributed by atoms with Crippen molar-refractivity contribution in [2.75, 3.05) is 19.6 Å². The number of amides is 2. The van der Waals surface area contributed by atoms with Crippen molar-refractivity contribution in [2.45, 2.75) is 38.5 Å². The number of nitrogens with zero attached hydrogens (tertiary/aromatic N) is 1. The molecule has 0 bridgehead atoms. The fraction of sp³-hybridized carbons (Fsp3) is 0.833. The van der Waals surface area contributed by atoms with Crippen LogP contribution in [0.5, 0.6) is 0 Å². The molecule has 0 aromatic carbocycles. The lowest BCUT2D eigenvalue weighted by Crippen LogP contribution is -2.53. The molecule has 0 aromatic heterocycles. The Morgan fingerprint density at radius 3 is 2.59 bits per heavy atom. The Hall–Kier alpha value is -1.26.